The van der Waals surface area contributed by atoms with E-state index in [1.165, 1.54) is 24.3 Å². The lowest BCUT2D eigenvalue weighted by atomic mass is 10.1. The summed E-state index contributed by atoms with van der Waals surface area (Å²) in [5.74, 6) is 0. The summed E-state index contributed by atoms with van der Waals surface area (Å²) in [5.41, 5.74) is 8.65. The van der Waals surface area contributed by atoms with Gasteiger partial charge in [-0.05, 0) is 68.4 Å². The molecule has 7 heteroatoms. The van der Waals surface area contributed by atoms with E-state index in [0.29, 0.717) is 22.4 Å². The number of nitrogens with zero attached hydrogens (tertiary/aromatic N) is 2. The van der Waals surface area contributed by atoms with Crippen LogP contribution in [0.1, 0.15) is 22.3 Å². The molecule has 0 radical (unpaired) electrons. The van der Waals surface area contributed by atoms with Crippen LogP contribution in [0.2, 0.25) is 0 Å². The number of benzene rings is 2. The molecule has 0 aromatic heterocycles. The molecular weight excluding hydrogens is 342 g/mol. The molecule has 0 saturated carbocycles. The molecule has 2 aromatic carbocycles. The minimum atomic E-state index is -3.97. The van der Waals surface area contributed by atoms with Gasteiger partial charge in [0.25, 0.3) is 10.0 Å². The third kappa shape index (κ3) is 3.25. The molecule has 0 spiro atoms. The number of rotatable bonds is 3. The van der Waals surface area contributed by atoms with Gasteiger partial charge >= 0.3 is 0 Å². The Morgan fingerprint density at radius 1 is 1.12 bits per heavy atom. The van der Waals surface area contributed by atoms with Gasteiger partial charge in [0.05, 0.1) is 22.2 Å². The zero-order valence-electron chi connectivity index (χ0n) is 13.6. The summed E-state index contributed by atoms with van der Waals surface area (Å²) in [6, 6.07) is 11.6. The molecule has 5 nitrogen and oxygen atoms in total. The second-order valence-corrected chi connectivity index (χ2v) is 7.64. The van der Waals surface area contributed by atoms with Crippen molar-refractivity contribution in [2.75, 3.05) is 4.31 Å². The minimum Gasteiger partial charge on any atom is -0.375 e. The summed E-state index contributed by atoms with van der Waals surface area (Å²) in [5, 5.41) is 8.60. The first kappa shape index (κ1) is 17.9. The van der Waals surface area contributed by atoms with E-state index in [4.69, 9.17) is 23.2 Å². The van der Waals surface area contributed by atoms with Gasteiger partial charge in [0.1, 0.15) is 0 Å². The van der Waals surface area contributed by atoms with Crippen LogP contribution < -0.4 is 10.0 Å². The molecular formula is C17H17N3O2S2. The predicted octanol–water partition coefficient (Wildman–Crippen LogP) is 2.92. The monoisotopic (exact) mass is 359 g/mol. The van der Waals surface area contributed by atoms with Gasteiger partial charge < -0.3 is 5.73 Å². The lowest BCUT2D eigenvalue weighted by Gasteiger charge is -2.24. The van der Waals surface area contributed by atoms with Crippen molar-refractivity contribution in [3.8, 4) is 6.07 Å². The molecule has 2 rings (SSSR count). The predicted molar refractivity (Wildman–Crippen MR) is 98.3 cm³/mol. The third-order valence-electron chi connectivity index (χ3n) is 3.53. The van der Waals surface area contributed by atoms with E-state index in [0.717, 1.165) is 9.87 Å². The van der Waals surface area contributed by atoms with Crippen molar-refractivity contribution in [3.05, 3.63) is 58.7 Å². The van der Waals surface area contributed by atoms with Crippen molar-refractivity contribution >= 4 is 33.0 Å². The maximum absolute atomic E-state index is 13.2. The van der Waals surface area contributed by atoms with Gasteiger partial charge in [0.15, 0.2) is 5.11 Å². The number of thiocarbonyl (C=S) groups is 1. The van der Waals surface area contributed by atoms with Gasteiger partial charge in [-0.25, -0.2) is 12.7 Å². The Morgan fingerprint density at radius 3 is 2.04 bits per heavy atom. The lowest BCUT2D eigenvalue weighted by Crippen LogP contribution is -2.41. The summed E-state index contributed by atoms with van der Waals surface area (Å²) in [6.07, 6.45) is 0. The number of hydrogen-bond donors (Lipinski definition) is 1. The van der Waals surface area contributed by atoms with Crippen molar-refractivity contribution in [1.29, 1.82) is 5.26 Å². The average molecular weight is 359 g/mol. The summed E-state index contributed by atoms with van der Waals surface area (Å²) < 4.78 is 27.3. The Hall–Kier alpha value is -2.43. The highest BCUT2D eigenvalue weighted by molar-refractivity contribution is 7.95. The molecule has 2 aromatic rings. The molecule has 0 heterocycles. The maximum Gasteiger partial charge on any atom is 0.270 e. The quantitative estimate of drug-likeness (QED) is 0.852. The fourth-order valence-electron chi connectivity index (χ4n) is 2.72. The molecule has 0 aliphatic rings. The Bertz CT molecular complexity index is 920. The van der Waals surface area contributed by atoms with Gasteiger partial charge in [0, 0.05) is 0 Å². The maximum atomic E-state index is 13.2. The number of hydrogen-bond acceptors (Lipinski definition) is 4. The van der Waals surface area contributed by atoms with E-state index in [2.05, 4.69) is 0 Å². The number of sulfonamides is 1. The van der Waals surface area contributed by atoms with E-state index >= 15 is 0 Å². The molecule has 0 unspecified atom stereocenters. The van der Waals surface area contributed by atoms with Crippen molar-refractivity contribution in [1.82, 2.24) is 0 Å². The Balaban J connectivity index is 2.67. The van der Waals surface area contributed by atoms with Crippen molar-refractivity contribution in [2.24, 2.45) is 5.73 Å². The van der Waals surface area contributed by atoms with Gasteiger partial charge in [-0.15, -0.1) is 0 Å². The highest BCUT2D eigenvalue weighted by atomic mass is 32.2. The summed E-state index contributed by atoms with van der Waals surface area (Å²) in [7, 11) is -3.97. The summed E-state index contributed by atoms with van der Waals surface area (Å²) in [6.45, 7) is 5.38. The smallest absolute Gasteiger partial charge is 0.270 e. The van der Waals surface area contributed by atoms with E-state index in [-0.39, 0.29) is 10.0 Å². The van der Waals surface area contributed by atoms with Crippen LogP contribution >= 0.6 is 12.2 Å². The zero-order chi connectivity index (χ0) is 18.1. The average Bonchev–Trinajstić information content (AvgIpc) is 2.45. The fourth-order valence-corrected chi connectivity index (χ4v) is 4.87. The van der Waals surface area contributed by atoms with Crippen LogP contribution in [0, 0.1) is 32.1 Å². The van der Waals surface area contributed by atoms with Crippen LogP contribution in [0.25, 0.3) is 0 Å². The Labute approximate surface area is 147 Å². The van der Waals surface area contributed by atoms with Crippen LogP contribution in [-0.2, 0) is 10.0 Å². The van der Waals surface area contributed by atoms with Gasteiger partial charge in [-0.1, -0.05) is 17.7 Å². The molecule has 0 amide bonds. The van der Waals surface area contributed by atoms with Crippen molar-refractivity contribution in [2.45, 2.75) is 25.7 Å². The van der Waals surface area contributed by atoms with Crippen LogP contribution in [-0.4, -0.2) is 13.5 Å². The molecule has 0 bridgehead atoms. The van der Waals surface area contributed by atoms with E-state index in [1.54, 1.807) is 26.0 Å². The van der Waals surface area contributed by atoms with E-state index < -0.39 is 10.0 Å². The van der Waals surface area contributed by atoms with Crippen molar-refractivity contribution < 1.29 is 8.42 Å². The number of nitriles is 1. The van der Waals surface area contributed by atoms with Crippen molar-refractivity contribution in [3.63, 3.8) is 0 Å². The van der Waals surface area contributed by atoms with Crippen LogP contribution in [0.15, 0.2) is 41.3 Å². The number of anilines is 1. The first-order valence-corrected chi connectivity index (χ1v) is 8.96. The molecule has 0 atom stereocenters. The number of aryl methyl sites for hydroxylation is 3. The number of nitrogens with two attached hydrogens (primary N) is 1. The Morgan fingerprint density at radius 2 is 1.62 bits per heavy atom. The molecule has 124 valence electrons. The molecule has 0 aliphatic heterocycles. The molecule has 24 heavy (non-hydrogen) atoms. The van der Waals surface area contributed by atoms with Crippen LogP contribution in [0.4, 0.5) is 5.69 Å². The SMILES string of the molecule is Cc1cc(C)c(S(=O)(=O)N(C(N)=S)c2ccc(C#N)cc2)c(C)c1. The van der Waals surface area contributed by atoms with Crippen LogP contribution in [0.5, 0.6) is 0 Å². The minimum absolute atomic E-state index is 0.185. The summed E-state index contributed by atoms with van der Waals surface area (Å²) >= 11 is 4.98. The fraction of sp³-hybridized carbons (Fsp3) is 0.176. The van der Waals surface area contributed by atoms with Gasteiger partial charge in [-0.3, -0.25) is 0 Å². The first-order valence-electron chi connectivity index (χ1n) is 7.11. The largest absolute Gasteiger partial charge is 0.375 e. The first-order chi connectivity index (χ1) is 11.2. The third-order valence-corrected chi connectivity index (χ3v) is 5.88. The lowest BCUT2D eigenvalue weighted by molar-refractivity contribution is 0.596. The standard InChI is InChI=1S/C17H17N3O2S2/c1-11-8-12(2)16(13(3)9-11)24(21,22)20(17(19)23)15-6-4-14(10-18)5-7-15/h4-9H,1-3H3,(H2,19,23). The molecule has 0 aliphatic carbocycles. The van der Waals surface area contributed by atoms with Gasteiger partial charge in [0.2, 0.25) is 0 Å². The van der Waals surface area contributed by atoms with E-state index in [9.17, 15) is 8.42 Å². The van der Waals surface area contributed by atoms with E-state index in [1.807, 2.05) is 13.0 Å². The summed E-state index contributed by atoms with van der Waals surface area (Å²) in [4.78, 5) is 0.185. The second kappa shape index (κ2) is 6.59. The van der Waals surface area contributed by atoms with Crippen LogP contribution in [0.3, 0.4) is 0 Å². The van der Waals surface area contributed by atoms with Gasteiger partial charge in [-0.2, -0.15) is 5.26 Å². The highest BCUT2D eigenvalue weighted by Crippen LogP contribution is 2.29. The topological polar surface area (TPSA) is 87.2 Å². The molecule has 0 saturated heterocycles. The Kier molecular flexibility index (Phi) is 4.92. The highest BCUT2D eigenvalue weighted by Gasteiger charge is 2.30. The normalized spacial score (nSPS) is 10.9. The second-order valence-electron chi connectivity index (χ2n) is 5.49. The molecule has 0 fully saturated rings. The molecule has 2 N–H and O–H groups in total. The zero-order valence-corrected chi connectivity index (χ0v) is 15.2.